The molecule has 1 atom stereocenters. The number of benzene rings is 1. The van der Waals surface area contributed by atoms with E-state index in [9.17, 15) is 4.79 Å². The fourth-order valence-corrected chi connectivity index (χ4v) is 2.67. The lowest BCUT2D eigenvalue weighted by atomic mass is 9.97. The third-order valence-corrected chi connectivity index (χ3v) is 4.03. The number of amides is 1. The number of rotatable bonds is 5. The summed E-state index contributed by atoms with van der Waals surface area (Å²) in [5, 5.41) is 7.19. The summed E-state index contributed by atoms with van der Waals surface area (Å²) in [6.45, 7) is 6.88. The van der Waals surface area contributed by atoms with Crippen LogP contribution in [0.5, 0.6) is 0 Å². The second-order valence-electron chi connectivity index (χ2n) is 5.49. The summed E-state index contributed by atoms with van der Waals surface area (Å²) in [6, 6.07) is 10.4. The molecule has 2 rings (SSSR count). The van der Waals surface area contributed by atoms with Crippen LogP contribution in [-0.2, 0) is 4.79 Å². The molecule has 1 aromatic heterocycles. The second kappa shape index (κ2) is 6.71. The maximum atomic E-state index is 12.1. The predicted molar refractivity (Wildman–Crippen MR) is 86.0 cm³/mol. The molecule has 2 aromatic rings. The Hall–Kier alpha value is -1.61. The van der Waals surface area contributed by atoms with Crippen molar-refractivity contribution in [2.24, 2.45) is 5.92 Å². The van der Waals surface area contributed by atoms with Crippen LogP contribution >= 0.6 is 11.3 Å². The highest BCUT2D eigenvalue weighted by atomic mass is 32.1. The van der Waals surface area contributed by atoms with E-state index in [0.717, 1.165) is 12.1 Å². The van der Waals surface area contributed by atoms with Gasteiger partial charge in [-0.2, -0.15) is 11.3 Å². The number of thiophene rings is 1. The van der Waals surface area contributed by atoms with Crippen LogP contribution < -0.4 is 5.32 Å². The number of carbonyl (C=O) groups excluding carboxylic acids is 1. The van der Waals surface area contributed by atoms with Crippen molar-refractivity contribution in [3.8, 4) is 11.1 Å². The van der Waals surface area contributed by atoms with Crippen LogP contribution in [-0.4, -0.2) is 12.5 Å². The van der Waals surface area contributed by atoms with Gasteiger partial charge in [-0.15, -0.1) is 0 Å². The average Bonchev–Trinajstić information content (AvgIpc) is 2.98. The molecule has 0 saturated carbocycles. The maximum Gasteiger partial charge on any atom is 0.227 e. The zero-order valence-electron chi connectivity index (χ0n) is 12.2. The van der Waals surface area contributed by atoms with Crippen molar-refractivity contribution in [3.63, 3.8) is 0 Å². The van der Waals surface area contributed by atoms with Crippen molar-refractivity contribution in [1.29, 1.82) is 0 Å². The van der Waals surface area contributed by atoms with Crippen LogP contribution in [0.2, 0.25) is 0 Å². The Balaban J connectivity index is 2.04. The van der Waals surface area contributed by atoms with Gasteiger partial charge in [0.2, 0.25) is 5.91 Å². The minimum Gasteiger partial charge on any atom is -0.355 e. The average molecular weight is 287 g/mol. The summed E-state index contributed by atoms with van der Waals surface area (Å²) in [7, 11) is 0. The van der Waals surface area contributed by atoms with E-state index in [4.69, 9.17) is 0 Å². The Morgan fingerprint density at radius 3 is 2.35 bits per heavy atom. The molecule has 20 heavy (non-hydrogen) atoms. The lowest BCUT2D eigenvalue weighted by Gasteiger charge is -2.14. The van der Waals surface area contributed by atoms with E-state index in [1.807, 2.05) is 19.1 Å². The molecule has 1 aromatic carbocycles. The molecule has 106 valence electrons. The molecular weight excluding hydrogens is 266 g/mol. The lowest BCUT2D eigenvalue weighted by molar-refractivity contribution is -0.122. The van der Waals surface area contributed by atoms with Crippen molar-refractivity contribution < 1.29 is 4.79 Å². The molecule has 0 bridgehead atoms. The summed E-state index contributed by atoms with van der Waals surface area (Å²) in [6.07, 6.45) is 0. The van der Waals surface area contributed by atoms with Gasteiger partial charge in [0.15, 0.2) is 0 Å². The molecule has 1 N–H and O–H groups in total. The Morgan fingerprint density at radius 1 is 1.10 bits per heavy atom. The van der Waals surface area contributed by atoms with Crippen LogP contribution in [0, 0.1) is 5.92 Å². The highest BCUT2D eigenvalue weighted by Gasteiger charge is 2.15. The summed E-state index contributed by atoms with van der Waals surface area (Å²) in [5.41, 5.74) is 3.49. The van der Waals surface area contributed by atoms with Gasteiger partial charge in [-0.1, -0.05) is 38.1 Å². The first-order valence-electron chi connectivity index (χ1n) is 6.98. The first-order chi connectivity index (χ1) is 9.58. The second-order valence-corrected chi connectivity index (χ2v) is 6.27. The monoisotopic (exact) mass is 287 g/mol. The molecule has 1 unspecified atom stereocenters. The van der Waals surface area contributed by atoms with Gasteiger partial charge in [-0.25, -0.2) is 0 Å². The first kappa shape index (κ1) is 14.8. The van der Waals surface area contributed by atoms with Gasteiger partial charge < -0.3 is 5.32 Å². The van der Waals surface area contributed by atoms with Crippen LogP contribution in [0.4, 0.5) is 0 Å². The number of hydrogen-bond donors (Lipinski definition) is 1. The molecule has 3 heteroatoms. The van der Waals surface area contributed by atoms with E-state index in [0.29, 0.717) is 5.92 Å². The quantitative estimate of drug-likeness (QED) is 0.873. The number of carbonyl (C=O) groups is 1. The largest absolute Gasteiger partial charge is 0.355 e. The molecule has 0 fully saturated rings. The molecule has 0 aliphatic rings. The Labute approximate surface area is 124 Å². The van der Waals surface area contributed by atoms with E-state index in [1.165, 1.54) is 11.1 Å². The fraction of sp³-hybridized carbons (Fsp3) is 0.353. The zero-order chi connectivity index (χ0) is 14.5. The minimum absolute atomic E-state index is 0.0991. The van der Waals surface area contributed by atoms with Crippen LogP contribution in [0.15, 0.2) is 41.1 Å². The van der Waals surface area contributed by atoms with Crippen molar-refractivity contribution in [1.82, 2.24) is 5.32 Å². The molecule has 1 heterocycles. The van der Waals surface area contributed by atoms with Crippen LogP contribution in [0.1, 0.15) is 32.3 Å². The van der Waals surface area contributed by atoms with E-state index in [1.54, 1.807) is 11.3 Å². The van der Waals surface area contributed by atoms with Gasteiger partial charge in [0, 0.05) is 6.54 Å². The molecule has 0 saturated heterocycles. The van der Waals surface area contributed by atoms with Gasteiger partial charge in [0.1, 0.15) is 0 Å². The van der Waals surface area contributed by atoms with Crippen LogP contribution in [0.3, 0.4) is 0 Å². The first-order valence-corrected chi connectivity index (χ1v) is 7.92. The highest BCUT2D eigenvalue weighted by molar-refractivity contribution is 7.08. The van der Waals surface area contributed by atoms with Crippen molar-refractivity contribution in [2.75, 3.05) is 6.54 Å². The van der Waals surface area contributed by atoms with Gasteiger partial charge in [-0.3, -0.25) is 4.79 Å². The third-order valence-electron chi connectivity index (χ3n) is 3.34. The van der Waals surface area contributed by atoms with Gasteiger partial charge in [0.05, 0.1) is 5.92 Å². The highest BCUT2D eigenvalue weighted by Crippen LogP contribution is 2.24. The molecule has 1 amide bonds. The van der Waals surface area contributed by atoms with E-state index in [-0.39, 0.29) is 11.8 Å². The Kier molecular flexibility index (Phi) is 4.96. The summed E-state index contributed by atoms with van der Waals surface area (Å²) >= 11 is 1.69. The lowest BCUT2D eigenvalue weighted by Crippen LogP contribution is -2.31. The molecule has 2 nitrogen and oxygen atoms in total. The summed E-state index contributed by atoms with van der Waals surface area (Å²) in [5.74, 6) is 0.472. The van der Waals surface area contributed by atoms with Crippen molar-refractivity contribution >= 4 is 17.2 Å². The third kappa shape index (κ3) is 3.70. The molecule has 0 spiro atoms. The van der Waals surface area contributed by atoms with Gasteiger partial charge in [0.25, 0.3) is 0 Å². The van der Waals surface area contributed by atoms with Crippen molar-refractivity contribution in [2.45, 2.75) is 26.7 Å². The molecule has 0 aliphatic heterocycles. The molecule has 0 aliphatic carbocycles. The van der Waals surface area contributed by atoms with Gasteiger partial charge in [-0.05, 0) is 46.4 Å². The fourth-order valence-electron chi connectivity index (χ4n) is 2.00. The van der Waals surface area contributed by atoms with Crippen LogP contribution in [0.25, 0.3) is 11.1 Å². The Bertz CT molecular complexity index is 543. The predicted octanol–water partition coefficient (Wildman–Crippen LogP) is 4.29. The smallest absolute Gasteiger partial charge is 0.227 e. The normalized spacial score (nSPS) is 12.4. The van der Waals surface area contributed by atoms with E-state index >= 15 is 0 Å². The number of nitrogens with one attached hydrogen (secondary N) is 1. The summed E-state index contributed by atoms with van der Waals surface area (Å²) in [4.78, 5) is 12.1. The van der Waals surface area contributed by atoms with E-state index in [2.05, 4.69) is 48.1 Å². The standard InChI is InChI=1S/C17H21NOS/c1-12(2)10-18-17(19)13(3)14-4-6-15(7-5-14)16-8-9-20-11-16/h4-9,11-13H,10H2,1-3H3,(H,18,19). The zero-order valence-corrected chi connectivity index (χ0v) is 13.0. The summed E-state index contributed by atoms with van der Waals surface area (Å²) < 4.78 is 0. The topological polar surface area (TPSA) is 29.1 Å². The molecular formula is C17H21NOS. The molecule has 0 radical (unpaired) electrons. The van der Waals surface area contributed by atoms with Crippen molar-refractivity contribution in [3.05, 3.63) is 46.7 Å². The van der Waals surface area contributed by atoms with Gasteiger partial charge >= 0.3 is 0 Å². The number of hydrogen-bond acceptors (Lipinski definition) is 2. The minimum atomic E-state index is -0.106. The maximum absolute atomic E-state index is 12.1. The van der Waals surface area contributed by atoms with E-state index < -0.39 is 0 Å². The SMILES string of the molecule is CC(C)CNC(=O)C(C)c1ccc(-c2ccsc2)cc1. The Morgan fingerprint density at radius 2 is 1.80 bits per heavy atom.